The van der Waals surface area contributed by atoms with Crippen molar-refractivity contribution in [3.05, 3.63) is 46.1 Å². The molecule has 0 aliphatic heterocycles. The molecule has 4 rings (SSSR count). The summed E-state index contributed by atoms with van der Waals surface area (Å²) in [6.45, 7) is 10.1. The molecular weight excluding hydrogens is 400 g/mol. The summed E-state index contributed by atoms with van der Waals surface area (Å²) in [6.07, 6.45) is 4.61. The molecule has 160 valence electrons. The number of halogens is 1. The van der Waals surface area contributed by atoms with Gasteiger partial charge in [0.1, 0.15) is 11.5 Å². The average Bonchev–Trinajstić information content (AvgIpc) is 3.09. The summed E-state index contributed by atoms with van der Waals surface area (Å²) >= 11 is 7.08. The Hall–Kier alpha value is -2.07. The van der Waals surface area contributed by atoms with Gasteiger partial charge in [-0.25, -0.2) is 0 Å². The van der Waals surface area contributed by atoms with Crippen LogP contribution in [0.4, 0.5) is 0 Å². The first-order valence-corrected chi connectivity index (χ1v) is 10.9. The second kappa shape index (κ2) is 6.46. The SMILES string of the molecule is CC(C)=CCCC1(C)C2CC(=C(C)C)CC23C(=O)C1(Cl)C(=O)c1c(O)cc(O)cc13. The monoisotopic (exact) mass is 428 g/mol. The van der Waals surface area contributed by atoms with Gasteiger partial charge in [0, 0.05) is 11.5 Å². The lowest BCUT2D eigenvalue weighted by Crippen LogP contribution is -2.54. The van der Waals surface area contributed by atoms with E-state index in [2.05, 4.69) is 6.08 Å². The maximum atomic E-state index is 14.0. The molecule has 0 amide bonds. The Morgan fingerprint density at radius 2 is 1.87 bits per heavy atom. The molecule has 1 spiro atoms. The molecule has 2 saturated carbocycles. The second-order valence-electron chi connectivity index (χ2n) is 9.95. The highest BCUT2D eigenvalue weighted by Crippen LogP contribution is 2.73. The van der Waals surface area contributed by atoms with Gasteiger partial charge < -0.3 is 10.2 Å². The highest BCUT2D eigenvalue weighted by atomic mass is 35.5. The molecule has 3 aliphatic carbocycles. The molecule has 2 bridgehead atoms. The fraction of sp³-hybridized carbons (Fsp3) is 0.520. The summed E-state index contributed by atoms with van der Waals surface area (Å²) in [5.41, 5.74) is 2.33. The number of alkyl halides is 1. The van der Waals surface area contributed by atoms with Crippen molar-refractivity contribution in [2.45, 2.75) is 70.6 Å². The van der Waals surface area contributed by atoms with Gasteiger partial charge >= 0.3 is 0 Å². The van der Waals surface area contributed by atoms with Crippen LogP contribution in [0.15, 0.2) is 34.9 Å². The van der Waals surface area contributed by atoms with Gasteiger partial charge in [-0.3, -0.25) is 9.59 Å². The Bertz CT molecular complexity index is 1040. The normalized spacial score (nSPS) is 34.1. The van der Waals surface area contributed by atoms with E-state index in [1.54, 1.807) is 0 Å². The first kappa shape index (κ1) is 21.2. The quantitative estimate of drug-likeness (QED) is 0.373. The molecule has 3 aliphatic rings. The lowest BCUT2D eigenvalue weighted by atomic mass is 9.66. The Morgan fingerprint density at radius 3 is 2.47 bits per heavy atom. The average molecular weight is 429 g/mol. The molecule has 0 aromatic heterocycles. The number of ketones is 2. The van der Waals surface area contributed by atoms with Crippen LogP contribution in [0.2, 0.25) is 0 Å². The fourth-order valence-corrected chi connectivity index (χ4v) is 6.79. The Balaban J connectivity index is 2.03. The molecular formula is C25H29ClO4. The number of aromatic hydroxyl groups is 2. The maximum absolute atomic E-state index is 14.0. The zero-order valence-corrected chi connectivity index (χ0v) is 19.0. The van der Waals surface area contributed by atoms with Crippen LogP contribution in [-0.2, 0) is 10.2 Å². The Kier molecular flexibility index (Phi) is 4.56. The van der Waals surface area contributed by atoms with Crippen molar-refractivity contribution in [3.8, 4) is 11.5 Å². The van der Waals surface area contributed by atoms with Gasteiger partial charge in [0.05, 0.1) is 11.0 Å². The van der Waals surface area contributed by atoms with Crippen molar-refractivity contribution in [1.29, 1.82) is 0 Å². The zero-order chi connectivity index (χ0) is 22.2. The molecule has 4 unspecified atom stereocenters. The van der Waals surface area contributed by atoms with E-state index in [1.807, 2.05) is 34.6 Å². The van der Waals surface area contributed by atoms with Crippen LogP contribution in [0.5, 0.6) is 11.5 Å². The number of rotatable bonds is 3. The number of fused-ring (bicyclic) bond motifs is 2. The number of allylic oxidation sites excluding steroid dienone is 4. The molecule has 2 fully saturated rings. The summed E-state index contributed by atoms with van der Waals surface area (Å²) in [5, 5.41) is 20.8. The maximum Gasteiger partial charge on any atom is 0.195 e. The summed E-state index contributed by atoms with van der Waals surface area (Å²) < 4.78 is 0. The van der Waals surface area contributed by atoms with Crippen molar-refractivity contribution in [2.24, 2.45) is 11.3 Å². The first-order chi connectivity index (χ1) is 13.9. The number of phenols is 2. The third-order valence-electron chi connectivity index (χ3n) is 7.86. The molecule has 0 radical (unpaired) electrons. The van der Waals surface area contributed by atoms with Crippen LogP contribution in [0, 0.1) is 11.3 Å². The number of carbonyl (C=O) groups excluding carboxylic acids is 2. The summed E-state index contributed by atoms with van der Waals surface area (Å²) in [4.78, 5) is 26.0. The van der Waals surface area contributed by atoms with Gasteiger partial charge in [-0.2, -0.15) is 0 Å². The molecule has 5 heteroatoms. The van der Waals surface area contributed by atoms with Crippen molar-refractivity contribution in [1.82, 2.24) is 0 Å². The number of hydrogen-bond acceptors (Lipinski definition) is 4. The van der Waals surface area contributed by atoms with Gasteiger partial charge in [-0.1, -0.05) is 29.7 Å². The molecule has 4 nitrogen and oxygen atoms in total. The highest BCUT2D eigenvalue weighted by molar-refractivity contribution is 6.53. The van der Waals surface area contributed by atoms with Crippen LogP contribution < -0.4 is 0 Å². The second-order valence-corrected chi connectivity index (χ2v) is 10.5. The largest absolute Gasteiger partial charge is 0.508 e. The number of hydrogen-bond donors (Lipinski definition) is 2. The van der Waals surface area contributed by atoms with E-state index < -0.39 is 21.5 Å². The van der Waals surface area contributed by atoms with Gasteiger partial charge in [0.15, 0.2) is 16.4 Å². The van der Waals surface area contributed by atoms with Crippen LogP contribution in [0.25, 0.3) is 0 Å². The van der Waals surface area contributed by atoms with Crippen molar-refractivity contribution in [2.75, 3.05) is 0 Å². The van der Waals surface area contributed by atoms with E-state index >= 15 is 0 Å². The molecule has 30 heavy (non-hydrogen) atoms. The molecule has 0 saturated heterocycles. The third kappa shape index (κ3) is 2.34. The number of phenolic OH excluding ortho intramolecular Hbond substituents is 2. The van der Waals surface area contributed by atoms with Crippen molar-refractivity contribution >= 4 is 23.2 Å². The van der Waals surface area contributed by atoms with Gasteiger partial charge in [0.25, 0.3) is 0 Å². The minimum absolute atomic E-state index is 0.105. The highest BCUT2D eigenvalue weighted by Gasteiger charge is 2.80. The van der Waals surface area contributed by atoms with E-state index in [9.17, 15) is 19.8 Å². The summed E-state index contributed by atoms with van der Waals surface area (Å²) in [5.74, 6) is -1.41. The van der Waals surface area contributed by atoms with Crippen molar-refractivity contribution in [3.63, 3.8) is 0 Å². The standard InChI is InChI=1S/C25H29ClO4/c1-13(2)7-6-8-23(5)19-9-15(14(3)4)12-24(19)17-10-16(27)11-18(28)20(17)21(29)25(23,26)22(24)30/h7,10-11,19,27-28H,6,8-9,12H2,1-5H3. The van der Waals surface area contributed by atoms with Gasteiger partial charge in [-0.15, -0.1) is 11.6 Å². The summed E-state index contributed by atoms with van der Waals surface area (Å²) in [6, 6.07) is 2.65. The minimum atomic E-state index is -1.71. The lowest BCUT2D eigenvalue weighted by molar-refractivity contribution is -0.124. The molecule has 2 N–H and O–H groups in total. The molecule has 4 atom stereocenters. The predicted octanol–water partition coefficient (Wildman–Crippen LogP) is 5.59. The van der Waals surface area contributed by atoms with E-state index in [4.69, 9.17) is 11.6 Å². The molecule has 1 aromatic carbocycles. The lowest BCUT2D eigenvalue weighted by Gasteiger charge is -2.40. The first-order valence-electron chi connectivity index (χ1n) is 10.5. The Morgan fingerprint density at radius 1 is 1.20 bits per heavy atom. The van der Waals surface area contributed by atoms with E-state index in [1.165, 1.54) is 22.8 Å². The van der Waals surface area contributed by atoms with E-state index in [0.29, 0.717) is 24.8 Å². The van der Waals surface area contributed by atoms with Crippen molar-refractivity contribution < 1.29 is 19.8 Å². The Labute approximate surface area is 182 Å². The fourth-order valence-electron chi connectivity index (χ4n) is 6.30. The summed E-state index contributed by atoms with van der Waals surface area (Å²) in [7, 11) is 0. The zero-order valence-electron chi connectivity index (χ0n) is 18.2. The van der Waals surface area contributed by atoms with Crippen LogP contribution in [-0.4, -0.2) is 26.7 Å². The number of benzene rings is 1. The van der Waals surface area contributed by atoms with E-state index in [-0.39, 0.29) is 28.8 Å². The minimum Gasteiger partial charge on any atom is -0.508 e. The number of carbonyl (C=O) groups is 2. The molecule has 0 heterocycles. The third-order valence-corrected chi connectivity index (χ3v) is 8.63. The number of Topliss-reactive ketones (excluding diaryl/α,β-unsaturated/α-hetero) is 2. The van der Waals surface area contributed by atoms with E-state index in [0.717, 1.165) is 12.5 Å². The molecule has 1 aromatic rings. The smallest absolute Gasteiger partial charge is 0.195 e. The van der Waals surface area contributed by atoms with Crippen LogP contribution in [0.1, 0.15) is 76.2 Å². The topological polar surface area (TPSA) is 74.6 Å². The van der Waals surface area contributed by atoms with Crippen LogP contribution >= 0.6 is 11.6 Å². The van der Waals surface area contributed by atoms with Gasteiger partial charge in [-0.05, 0) is 70.9 Å². The van der Waals surface area contributed by atoms with Crippen LogP contribution in [0.3, 0.4) is 0 Å². The predicted molar refractivity (Wildman–Crippen MR) is 117 cm³/mol. The van der Waals surface area contributed by atoms with Gasteiger partial charge in [0.2, 0.25) is 0 Å².